The normalized spacial score (nSPS) is 20.1. The molecule has 0 radical (unpaired) electrons. The minimum Gasteiger partial charge on any atom is -0.497 e. The highest BCUT2D eigenvalue weighted by Gasteiger charge is 2.38. The van der Waals surface area contributed by atoms with Gasteiger partial charge in [-0.05, 0) is 55.2 Å². The van der Waals surface area contributed by atoms with E-state index in [1.54, 1.807) is 7.11 Å². The maximum Gasteiger partial charge on any atom is 0.119 e. The molecule has 1 atom stereocenters. The Labute approximate surface area is 125 Å². The van der Waals surface area contributed by atoms with Gasteiger partial charge in [0, 0.05) is 5.69 Å². The number of aliphatic hydroxyl groups is 1. The van der Waals surface area contributed by atoms with Crippen molar-refractivity contribution in [2.75, 3.05) is 19.0 Å². The zero-order chi connectivity index (χ0) is 14.9. The molecule has 2 aromatic rings. The van der Waals surface area contributed by atoms with Crippen LogP contribution in [0.4, 0.5) is 5.69 Å². The highest BCUT2D eigenvalue weighted by atomic mass is 16.5. The molecule has 21 heavy (non-hydrogen) atoms. The fraction of sp³-hybridized carbons (Fsp3) is 0.333. The molecule has 0 amide bonds. The predicted molar refractivity (Wildman–Crippen MR) is 84.9 cm³/mol. The first-order valence-electron chi connectivity index (χ1n) is 7.30. The molecule has 110 valence electrons. The Morgan fingerprint density at radius 2 is 1.95 bits per heavy atom. The minimum absolute atomic E-state index is 0.0927. The Morgan fingerprint density at radius 1 is 1.19 bits per heavy atom. The van der Waals surface area contributed by atoms with Crippen LogP contribution >= 0.6 is 0 Å². The zero-order valence-electron chi connectivity index (χ0n) is 12.5. The van der Waals surface area contributed by atoms with Crippen LogP contribution in [0.25, 0.3) is 0 Å². The summed E-state index contributed by atoms with van der Waals surface area (Å²) in [7, 11) is 1.66. The van der Waals surface area contributed by atoms with Crippen LogP contribution in [-0.2, 0) is 12.0 Å². The molecule has 0 heterocycles. The second kappa shape index (κ2) is 5.41. The van der Waals surface area contributed by atoms with Crippen LogP contribution in [0.3, 0.4) is 0 Å². The van der Waals surface area contributed by atoms with Crippen LogP contribution in [0.15, 0.2) is 42.5 Å². The van der Waals surface area contributed by atoms with E-state index in [0.29, 0.717) is 0 Å². The number of hydrogen-bond acceptors (Lipinski definition) is 3. The highest BCUT2D eigenvalue weighted by molar-refractivity contribution is 5.53. The van der Waals surface area contributed by atoms with E-state index >= 15 is 0 Å². The number of rotatable bonds is 4. The van der Waals surface area contributed by atoms with Crippen LogP contribution in [0.5, 0.6) is 5.75 Å². The van der Waals surface area contributed by atoms with Crippen molar-refractivity contribution in [3.63, 3.8) is 0 Å². The lowest BCUT2D eigenvalue weighted by molar-refractivity contribution is 0.211. The number of ether oxygens (including phenoxy) is 1. The van der Waals surface area contributed by atoms with Crippen LogP contribution in [0.1, 0.15) is 23.1 Å². The van der Waals surface area contributed by atoms with E-state index in [9.17, 15) is 5.11 Å². The first kappa shape index (κ1) is 14.0. The maximum absolute atomic E-state index is 10.0. The first-order chi connectivity index (χ1) is 10.2. The molecule has 2 N–H and O–H groups in total. The average Bonchev–Trinajstić information content (AvgIpc) is 2.87. The van der Waals surface area contributed by atoms with Crippen LogP contribution in [0, 0.1) is 6.92 Å². The van der Waals surface area contributed by atoms with Gasteiger partial charge >= 0.3 is 0 Å². The van der Waals surface area contributed by atoms with Gasteiger partial charge in [0.15, 0.2) is 0 Å². The molecule has 0 bridgehead atoms. The number of aryl methyl sites for hydroxylation is 2. The van der Waals surface area contributed by atoms with E-state index in [0.717, 1.165) is 24.3 Å². The molecular weight excluding hydrogens is 262 g/mol. The number of aliphatic hydroxyl groups excluding tert-OH is 1. The summed E-state index contributed by atoms with van der Waals surface area (Å²) in [4.78, 5) is 0. The fourth-order valence-corrected chi connectivity index (χ4v) is 3.12. The summed E-state index contributed by atoms with van der Waals surface area (Å²) >= 11 is 0. The van der Waals surface area contributed by atoms with Crippen molar-refractivity contribution >= 4 is 5.69 Å². The Hall–Kier alpha value is -2.00. The van der Waals surface area contributed by atoms with Gasteiger partial charge in [0.25, 0.3) is 0 Å². The lowest BCUT2D eigenvalue weighted by atomic mass is 9.91. The van der Waals surface area contributed by atoms with E-state index in [2.05, 4.69) is 30.4 Å². The standard InChI is InChI=1S/C18H21NO2/c1-13-3-4-14-9-10-18(12-20,17(14)11-13)19-15-5-7-16(21-2)8-6-15/h3-8,11,19-20H,9-10,12H2,1-2H3. The third-order valence-electron chi connectivity index (χ3n) is 4.35. The summed E-state index contributed by atoms with van der Waals surface area (Å²) in [5.74, 6) is 0.835. The van der Waals surface area contributed by atoms with Gasteiger partial charge in [0.2, 0.25) is 0 Å². The minimum atomic E-state index is -0.379. The fourth-order valence-electron chi connectivity index (χ4n) is 3.12. The maximum atomic E-state index is 10.0. The van der Waals surface area contributed by atoms with Gasteiger partial charge in [0.05, 0.1) is 19.3 Å². The largest absolute Gasteiger partial charge is 0.497 e. The van der Waals surface area contributed by atoms with Crippen LogP contribution in [0.2, 0.25) is 0 Å². The quantitative estimate of drug-likeness (QED) is 0.905. The summed E-state index contributed by atoms with van der Waals surface area (Å²) < 4.78 is 5.19. The first-order valence-corrected chi connectivity index (χ1v) is 7.30. The smallest absolute Gasteiger partial charge is 0.119 e. The van der Waals surface area contributed by atoms with Crippen LogP contribution in [-0.4, -0.2) is 18.8 Å². The van der Waals surface area contributed by atoms with Crippen molar-refractivity contribution in [3.05, 3.63) is 59.2 Å². The van der Waals surface area contributed by atoms with Crippen molar-refractivity contribution < 1.29 is 9.84 Å². The molecule has 0 aromatic heterocycles. The number of methoxy groups -OCH3 is 1. The topological polar surface area (TPSA) is 41.5 Å². The lowest BCUT2D eigenvalue weighted by Gasteiger charge is -2.31. The molecule has 3 nitrogen and oxygen atoms in total. The average molecular weight is 283 g/mol. The van der Waals surface area contributed by atoms with Gasteiger partial charge in [-0.25, -0.2) is 0 Å². The number of nitrogens with one attached hydrogen (secondary N) is 1. The number of benzene rings is 2. The van der Waals surface area contributed by atoms with Crippen molar-refractivity contribution in [3.8, 4) is 5.75 Å². The van der Waals surface area contributed by atoms with Gasteiger partial charge in [-0.1, -0.05) is 23.8 Å². The van der Waals surface area contributed by atoms with E-state index < -0.39 is 0 Å². The molecule has 2 aromatic carbocycles. The van der Waals surface area contributed by atoms with E-state index in [4.69, 9.17) is 4.74 Å². The molecule has 3 heteroatoms. The summed E-state index contributed by atoms with van der Waals surface area (Å²) in [6, 6.07) is 14.3. The van der Waals surface area contributed by atoms with E-state index in [1.807, 2.05) is 24.3 Å². The van der Waals surface area contributed by atoms with E-state index in [-0.39, 0.29) is 12.1 Å². The van der Waals surface area contributed by atoms with Gasteiger partial charge in [-0.2, -0.15) is 0 Å². The molecule has 0 aliphatic heterocycles. The Kier molecular flexibility index (Phi) is 3.60. The Morgan fingerprint density at radius 3 is 2.62 bits per heavy atom. The molecule has 0 saturated heterocycles. The number of fused-ring (bicyclic) bond motifs is 1. The molecule has 1 aliphatic carbocycles. The molecule has 0 fully saturated rings. The third-order valence-corrected chi connectivity index (χ3v) is 4.35. The van der Waals surface area contributed by atoms with Gasteiger partial charge in [0.1, 0.15) is 5.75 Å². The summed E-state index contributed by atoms with van der Waals surface area (Å²) in [6.07, 6.45) is 1.91. The molecule has 0 saturated carbocycles. The second-order valence-electron chi connectivity index (χ2n) is 5.75. The van der Waals surface area contributed by atoms with Gasteiger partial charge in [-0.3, -0.25) is 0 Å². The molecule has 1 aliphatic rings. The monoisotopic (exact) mass is 283 g/mol. The zero-order valence-corrected chi connectivity index (χ0v) is 12.5. The summed E-state index contributed by atoms with van der Waals surface area (Å²) in [5, 5.41) is 13.6. The van der Waals surface area contributed by atoms with Crippen molar-refractivity contribution in [2.45, 2.75) is 25.3 Å². The third kappa shape index (κ3) is 2.49. The van der Waals surface area contributed by atoms with Gasteiger partial charge in [-0.15, -0.1) is 0 Å². The summed E-state index contributed by atoms with van der Waals surface area (Å²) in [6.45, 7) is 2.18. The Bertz CT molecular complexity index is 636. The van der Waals surface area contributed by atoms with Crippen LogP contribution < -0.4 is 10.1 Å². The predicted octanol–water partition coefficient (Wildman–Crippen LogP) is 3.25. The van der Waals surface area contributed by atoms with Crippen molar-refractivity contribution in [1.29, 1.82) is 0 Å². The molecular formula is C18H21NO2. The SMILES string of the molecule is COc1ccc(NC2(CO)CCc3ccc(C)cc32)cc1. The van der Waals surface area contributed by atoms with Crippen molar-refractivity contribution in [2.24, 2.45) is 0 Å². The number of anilines is 1. The second-order valence-corrected chi connectivity index (χ2v) is 5.75. The Balaban J connectivity index is 1.93. The lowest BCUT2D eigenvalue weighted by Crippen LogP contribution is -2.37. The molecule has 0 spiro atoms. The molecule has 1 unspecified atom stereocenters. The molecule has 3 rings (SSSR count). The highest BCUT2D eigenvalue weighted by Crippen LogP contribution is 2.40. The van der Waals surface area contributed by atoms with E-state index in [1.165, 1.54) is 16.7 Å². The summed E-state index contributed by atoms with van der Waals surface area (Å²) in [5.41, 5.74) is 4.40. The van der Waals surface area contributed by atoms with Gasteiger partial charge < -0.3 is 15.2 Å². The van der Waals surface area contributed by atoms with Crippen molar-refractivity contribution in [1.82, 2.24) is 0 Å². The number of hydrogen-bond donors (Lipinski definition) is 2.